The second-order valence-electron chi connectivity index (χ2n) is 6.49. The fourth-order valence-electron chi connectivity index (χ4n) is 2.95. The maximum absolute atomic E-state index is 13.8. The highest BCUT2D eigenvalue weighted by Crippen LogP contribution is 2.20. The Morgan fingerprint density at radius 2 is 1.86 bits per heavy atom. The normalized spacial score (nSPS) is 11.0. The van der Waals surface area contributed by atoms with Crippen molar-refractivity contribution < 1.29 is 9.13 Å². The molecule has 4 aromatic heterocycles. The predicted molar refractivity (Wildman–Crippen MR) is 104 cm³/mol. The van der Waals surface area contributed by atoms with Gasteiger partial charge >= 0.3 is 0 Å². The lowest BCUT2D eigenvalue weighted by Crippen LogP contribution is -2.06. The number of H-pyrrole nitrogens is 1. The second kappa shape index (κ2) is 7.59. The molecule has 142 valence electrons. The summed E-state index contributed by atoms with van der Waals surface area (Å²) in [4.78, 5) is 20.1. The highest BCUT2D eigenvalue weighted by molar-refractivity contribution is 5.80. The van der Waals surface area contributed by atoms with E-state index in [0.717, 1.165) is 33.9 Å². The van der Waals surface area contributed by atoms with Crippen molar-refractivity contribution in [1.29, 1.82) is 0 Å². The van der Waals surface area contributed by atoms with Gasteiger partial charge in [-0.3, -0.25) is 0 Å². The number of hydrogen-bond donors (Lipinski definition) is 2. The van der Waals surface area contributed by atoms with Gasteiger partial charge in [0.15, 0.2) is 0 Å². The number of hydrogen-bond acceptors (Lipinski definition) is 6. The Morgan fingerprint density at radius 3 is 2.64 bits per heavy atom. The molecule has 0 spiro atoms. The Bertz CT molecular complexity index is 1110. The van der Waals surface area contributed by atoms with Crippen LogP contribution in [0.5, 0.6) is 5.88 Å². The molecule has 0 saturated carbocycles. The van der Waals surface area contributed by atoms with Gasteiger partial charge < -0.3 is 15.0 Å². The van der Waals surface area contributed by atoms with E-state index < -0.39 is 5.82 Å². The third-order valence-corrected chi connectivity index (χ3v) is 4.41. The third-order valence-electron chi connectivity index (χ3n) is 4.41. The van der Waals surface area contributed by atoms with E-state index in [9.17, 15) is 4.39 Å². The molecule has 7 nitrogen and oxygen atoms in total. The topological polar surface area (TPSA) is 88.6 Å². The molecule has 4 rings (SSSR count). The van der Waals surface area contributed by atoms with Crippen molar-refractivity contribution in [2.24, 2.45) is 0 Å². The lowest BCUT2D eigenvalue weighted by molar-refractivity contribution is 0.395. The van der Waals surface area contributed by atoms with Crippen LogP contribution in [0.25, 0.3) is 11.0 Å². The van der Waals surface area contributed by atoms with Gasteiger partial charge in [0.2, 0.25) is 11.8 Å². The molecule has 0 amide bonds. The van der Waals surface area contributed by atoms with E-state index in [0.29, 0.717) is 23.8 Å². The van der Waals surface area contributed by atoms with Gasteiger partial charge in [0.1, 0.15) is 11.5 Å². The maximum Gasteiger partial charge on any atom is 0.222 e. The number of aromatic nitrogens is 5. The van der Waals surface area contributed by atoms with Crippen molar-refractivity contribution >= 4 is 17.0 Å². The summed E-state index contributed by atoms with van der Waals surface area (Å²) in [5, 5.41) is 4.12. The Kier molecular flexibility index (Phi) is 4.84. The molecule has 0 aromatic carbocycles. The summed E-state index contributed by atoms with van der Waals surface area (Å²) in [7, 11) is 1.49. The SMILES string of the molecule is COc1cc(CNc2ncc(Cc3c[nH]c4ncc(C)cc34)cn2)c(F)cn1. The first-order valence-corrected chi connectivity index (χ1v) is 8.78. The predicted octanol–water partition coefficient (Wildman–Crippen LogP) is 3.41. The fraction of sp³-hybridized carbons (Fsp3) is 0.200. The van der Waals surface area contributed by atoms with Crippen molar-refractivity contribution in [3.05, 3.63) is 71.2 Å². The maximum atomic E-state index is 13.8. The van der Waals surface area contributed by atoms with Gasteiger partial charge in [0.05, 0.1) is 13.3 Å². The summed E-state index contributed by atoms with van der Waals surface area (Å²) < 4.78 is 18.9. The molecule has 4 heterocycles. The van der Waals surface area contributed by atoms with Crippen LogP contribution >= 0.6 is 0 Å². The Balaban J connectivity index is 1.44. The van der Waals surface area contributed by atoms with Crippen LogP contribution in [0.2, 0.25) is 0 Å². The molecular formula is C20H19FN6O. The summed E-state index contributed by atoms with van der Waals surface area (Å²) in [5.41, 5.74) is 4.53. The number of pyridine rings is 2. The van der Waals surface area contributed by atoms with Crippen molar-refractivity contribution in [2.45, 2.75) is 19.9 Å². The van der Waals surface area contributed by atoms with E-state index in [1.165, 1.54) is 7.11 Å². The number of fused-ring (bicyclic) bond motifs is 1. The van der Waals surface area contributed by atoms with Gasteiger partial charge in [-0.25, -0.2) is 24.3 Å². The van der Waals surface area contributed by atoms with Crippen LogP contribution in [0.15, 0.2) is 43.1 Å². The summed E-state index contributed by atoms with van der Waals surface area (Å²) in [6.45, 7) is 2.26. The van der Waals surface area contributed by atoms with Crippen molar-refractivity contribution in [3.8, 4) is 5.88 Å². The molecule has 2 N–H and O–H groups in total. The number of nitrogens with one attached hydrogen (secondary N) is 2. The Morgan fingerprint density at radius 1 is 1.04 bits per heavy atom. The minimum atomic E-state index is -0.409. The van der Waals surface area contributed by atoms with Crippen LogP contribution in [-0.2, 0) is 13.0 Å². The number of aromatic amines is 1. The summed E-state index contributed by atoms with van der Waals surface area (Å²) in [5.74, 6) is 0.376. The molecule has 0 aliphatic heterocycles. The van der Waals surface area contributed by atoms with Crippen LogP contribution < -0.4 is 10.1 Å². The first-order valence-electron chi connectivity index (χ1n) is 8.78. The standard InChI is InChI=1S/C20H19FN6O/c1-12-3-16-14(9-24-19(16)23-6-12)4-13-7-25-20(26-8-13)27-10-15-5-18(28-2)22-11-17(15)21/h3,5-9,11H,4,10H2,1-2H3,(H,23,24)(H,25,26,27). The first kappa shape index (κ1) is 17.8. The lowest BCUT2D eigenvalue weighted by atomic mass is 10.1. The van der Waals surface area contributed by atoms with Crippen LogP contribution in [0, 0.1) is 12.7 Å². The minimum Gasteiger partial charge on any atom is -0.481 e. The molecule has 8 heteroatoms. The van der Waals surface area contributed by atoms with Crippen molar-refractivity contribution in [2.75, 3.05) is 12.4 Å². The van der Waals surface area contributed by atoms with Crippen LogP contribution in [-0.4, -0.2) is 32.0 Å². The van der Waals surface area contributed by atoms with Crippen LogP contribution in [0.4, 0.5) is 10.3 Å². The first-order chi connectivity index (χ1) is 13.6. The quantitative estimate of drug-likeness (QED) is 0.535. The van der Waals surface area contributed by atoms with E-state index >= 15 is 0 Å². The fourth-order valence-corrected chi connectivity index (χ4v) is 2.95. The van der Waals surface area contributed by atoms with Crippen molar-refractivity contribution in [1.82, 2.24) is 24.9 Å². The van der Waals surface area contributed by atoms with E-state index in [1.807, 2.05) is 19.3 Å². The van der Waals surface area contributed by atoms with Gasteiger partial charge in [-0.1, -0.05) is 0 Å². The number of ether oxygens (including phenoxy) is 1. The van der Waals surface area contributed by atoms with Crippen molar-refractivity contribution in [3.63, 3.8) is 0 Å². The lowest BCUT2D eigenvalue weighted by Gasteiger charge is -2.08. The molecule has 4 aromatic rings. The average Bonchev–Trinajstić information content (AvgIpc) is 3.10. The van der Waals surface area contributed by atoms with Crippen LogP contribution in [0.3, 0.4) is 0 Å². The molecule has 0 radical (unpaired) electrons. The molecule has 0 bridgehead atoms. The van der Waals surface area contributed by atoms with Gasteiger partial charge in [0, 0.05) is 54.8 Å². The van der Waals surface area contributed by atoms with Gasteiger partial charge in [-0.2, -0.15) is 0 Å². The highest BCUT2D eigenvalue weighted by Gasteiger charge is 2.08. The molecule has 0 saturated heterocycles. The molecule has 0 aliphatic carbocycles. The van der Waals surface area contributed by atoms with E-state index in [-0.39, 0.29) is 6.54 Å². The number of rotatable bonds is 6. The molecule has 0 aliphatic rings. The van der Waals surface area contributed by atoms with Gasteiger partial charge in [0.25, 0.3) is 0 Å². The van der Waals surface area contributed by atoms with E-state index in [4.69, 9.17) is 4.74 Å². The third kappa shape index (κ3) is 3.75. The Labute approximate surface area is 161 Å². The van der Waals surface area contributed by atoms with Gasteiger partial charge in [-0.15, -0.1) is 0 Å². The largest absolute Gasteiger partial charge is 0.481 e. The summed E-state index contributed by atoms with van der Waals surface area (Å²) >= 11 is 0. The molecule has 28 heavy (non-hydrogen) atoms. The molecule has 0 atom stereocenters. The number of nitrogens with zero attached hydrogens (tertiary/aromatic N) is 4. The molecular weight excluding hydrogens is 359 g/mol. The number of aryl methyl sites for hydroxylation is 1. The smallest absolute Gasteiger partial charge is 0.222 e. The zero-order valence-corrected chi connectivity index (χ0v) is 15.5. The average molecular weight is 378 g/mol. The Hall–Kier alpha value is -3.55. The zero-order chi connectivity index (χ0) is 19.5. The monoisotopic (exact) mass is 378 g/mol. The minimum absolute atomic E-state index is 0.234. The molecule has 0 unspecified atom stereocenters. The summed E-state index contributed by atoms with van der Waals surface area (Å²) in [6.07, 6.45) is 9.16. The summed E-state index contributed by atoms with van der Waals surface area (Å²) in [6, 6.07) is 3.66. The highest BCUT2D eigenvalue weighted by atomic mass is 19.1. The van der Waals surface area contributed by atoms with E-state index in [1.54, 1.807) is 18.5 Å². The number of anilines is 1. The zero-order valence-electron chi connectivity index (χ0n) is 15.5. The molecule has 0 fully saturated rings. The second-order valence-corrected chi connectivity index (χ2v) is 6.49. The van der Waals surface area contributed by atoms with Gasteiger partial charge in [-0.05, 0) is 29.7 Å². The number of methoxy groups -OCH3 is 1. The number of halogens is 1. The van der Waals surface area contributed by atoms with E-state index in [2.05, 4.69) is 36.3 Å². The van der Waals surface area contributed by atoms with Crippen LogP contribution in [0.1, 0.15) is 22.3 Å².